The number of rotatable bonds is 3. The highest BCUT2D eigenvalue weighted by molar-refractivity contribution is 7.92. The third-order valence-electron chi connectivity index (χ3n) is 3.66. The molecular formula is C15H16N2O3S. The zero-order valence-corrected chi connectivity index (χ0v) is 12.4. The normalized spacial score (nSPS) is 13.6. The van der Waals surface area contributed by atoms with Crippen LogP contribution in [0, 0.1) is 0 Å². The smallest absolute Gasteiger partial charge is 0.264 e. The van der Waals surface area contributed by atoms with Crippen molar-refractivity contribution in [3.8, 4) is 5.75 Å². The number of hydrogen-bond donors (Lipinski definition) is 2. The fourth-order valence-corrected chi connectivity index (χ4v) is 3.61. The topological polar surface area (TPSA) is 69.6 Å². The fraction of sp³-hybridized carbons (Fsp3) is 0.200. The van der Waals surface area contributed by atoms with Gasteiger partial charge in [0.25, 0.3) is 10.0 Å². The van der Waals surface area contributed by atoms with E-state index >= 15 is 0 Å². The van der Waals surface area contributed by atoms with E-state index in [-0.39, 0.29) is 10.6 Å². The predicted molar refractivity (Wildman–Crippen MR) is 82.3 cm³/mol. The van der Waals surface area contributed by atoms with Crippen molar-refractivity contribution in [1.29, 1.82) is 0 Å². The average molecular weight is 304 g/mol. The summed E-state index contributed by atoms with van der Waals surface area (Å²) in [7, 11) is -2.11. The van der Waals surface area contributed by atoms with Crippen LogP contribution in [-0.4, -0.2) is 27.1 Å². The van der Waals surface area contributed by atoms with Gasteiger partial charge in [-0.2, -0.15) is 0 Å². The molecule has 2 aromatic carbocycles. The van der Waals surface area contributed by atoms with Crippen molar-refractivity contribution in [3.63, 3.8) is 0 Å². The molecule has 21 heavy (non-hydrogen) atoms. The predicted octanol–water partition coefficient (Wildman–Crippen LogP) is 2.19. The molecule has 0 saturated heterocycles. The molecular weight excluding hydrogens is 288 g/mol. The van der Waals surface area contributed by atoms with Crippen molar-refractivity contribution in [2.45, 2.75) is 11.3 Å². The van der Waals surface area contributed by atoms with Gasteiger partial charge >= 0.3 is 0 Å². The highest BCUT2D eigenvalue weighted by Crippen LogP contribution is 2.29. The van der Waals surface area contributed by atoms with Gasteiger partial charge in [0.2, 0.25) is 0 Å². The quantitative estimate of drug-likeness (QED) is 0.912. The fourth-order valence-electron chi connectivity index (χ4n) is 2.39. The average Bonchev–Trinajstić information content (AvgIpc) is 2.94. The number of nitrogens with one attached hydrogen (secondary N) is 1. The number of phenolic OH excluding ortho intramolecular Hbond substituents is 1. The Labute approximate surface area is 123 Å². The van der Waals surface area contributed by atoms with E-state index in [1.807, 2.05) is 6.07 Å². The summed E-state index contributed by atoms with van der Waals surface area (Å²) in [5.41, 5.74) is 2.53. The number of anilines is 2. The maximum atomic E-state index is 12.7. The molecule has 0 saturated carbocycles. The lowest BCUT2D eigenvalue weighted by Crippen LogP contribution is -2.26. The van der Waals surface area contributed by atoms with E-state index in [4.69, 9.17) is 0 Å². The van der Waals surface area contributed by atoms with Crippen molar-refractivity contribution >= 4 is 21.4 Å². The Balaban J connectivity index is 1.98. The molecule has 0 aromatic heterocycles. The van der Waals surface area contributed by atoms with E-state index in [1.165, 1.54) is 23.5 Å². The zero-order chi connectivity index (χ0) is 15.0. The van der Waals surface area contributed by atoms with Gasteiger partial charge in [-0.1, -0.05) is 6.07 Å². The van der Waals surface area contributed by atoms with Crippen molar-refractivity contribution in [2.75, 3.05) is 23.2 Å². The van der Waals surface area contributed by atoms with Gasteiger partial charge in [0.1, 0.15) is 5.75 Å². The molecule has 1 aliphatic rings. The Morgan fingerprint density at radius 2 is 1.86 bits per heavy atom. The number of aromatic hydroxyl groups is 1. The lowest BCUT2D eigenvalue weighted by Gasteiger charge is -2.20. The summed E-state index contributed by atoms with van der Waals surface area (Å²) in [6.45, 7) is 0.840. The molecule has 0 atom stereocenters. The molecule has 0 aliphatic carbocycles. The summed E-state index contributed by atoms with van der Waals surface area (Å²) in [6.07, 6.45) is 0.920. The zero-order valence-electron chi connectivity index (χ0n) is 11.6. The summed E-state index contributed by atoms with van der Waals surface area (Å²) in [5, 5.41) is 12.5. The molecule has 0 bridgehead atoms. The molecule has 6 heteroatoms. The minimum Gasteiger partial charge on any atom is -0.508 e. The van der Waals surface area contributed by atoms with Gasteiger partial charge in [-0.3, -0.25) is 4.31 Å². The number of sulfonamides is 1. The van der Waals surface area contributed by atoms with Crippen molar-refractivity contribution in [1.82, 2.24) is 0 Å². The Kier molecular flexibility index (Phi) is 3.25. The number of fused-ring (bicyclic) bond motifs is 1. The molecule has 1 heterocycles. The summed E-state index contributed by atoms with van der Waals surface area (Å²) >= 11 is 0. The lowest BCUT2D eigenvalue weighted by molar-refractivity contribution is 0.475. The third-order valence-corrected chi connectivity index (χ3v) is 5.44. The third kappa shape index (κ3) is 2.42. The van der Waals surface area contributed by atoms with Crippen LogP contribution in [0.4, 0.5) is 11.4 Å². The number of benzene rings is 2. The van der Waals surface area contributed by atoms with Crippen molar-refractivity contribution in [3.05, 3.63) is 48.0 Å². The molecule has 5 nitrogen and oxygen atoms in total. The van der Waals surface area contributed by atoms with Crippen LogP contribution in [-0.2, 0) is 16.4 Å². The largest absolute Gasteiger partial charge is 0.508 e. The maximum Gasteiger partial charge on any atom is 0.264 e. The molecule has 3 rings (SSSR count). The number of phenols is 1. The maximum absolute atomic E-state index is 12.7. The van der Waals surface area contributed by atoms with Gasteiger partial charge in [0.05, 0.1) is 10.6 Å². The van der Waals surface area contributed by atoms with E-state index in [2.05, 4.69) is 5.32 Å². The molecule has 2 N–H and O–H groups in total. The van der Waals surface area contributed by atoms with Crippen LogP contribution in [0.2, 0.25) is 0 Å². The second kappa shape index (κ2) is 4.96. The Hall–Kier alpha value is -2.21. The molecule has 1 aliphatic heterocycles. The minimum atomic E-state index is -3.61. The summed E-state index contributed by atoms with van der Waals surface area (Å²) < 4.78 is 26.5. The Bertz CT molecular complexity index is 770. The van der Waals surface area contributed by atoms with Gasteiger partial charge in [-0.05, 0) is 48.4 Å². The first-order chi connectivity index (χ1) is 9.98. The molecule has 110 valence electrons. The van der Waals surface area contributed by atoms with Crippen LogP contribution in [0.25, 0.3) is 0 Å². The van der Waals surface area contributed by atoms with Gasteiger partial charge in [0.15, 0.2) is 0 Å². The van der Waals surface area contributed by atoms with Gasteiger partial charge in [-0.15, -0.1) is 0 Å². The van der Waals surface area contributed by atoms with Crippen LogP contribution in [0.15, 0.2) is 47.4 Å². The Morgan fingerprint density at radius 1 is 1.14 bits per heavy atom. The van der Waals surface area contributed by atoms with Crippen LogP contribution in [0.3, 0.4) is 0 Å². The summed E-state index contributed by atoms with van der Waals surface area (Å²) in [4.78, 5) is 0.256. The van der Waals surface area contributed by atoms with Gasteiger partial charge in [-0.25, -0.2) is 8.42 Å². The summed E-state index contributed by atoms with van der Waals surface area (Å²) in [5.74, 6) is 0.103. The standard InChI is InChI=1S/C15H16N2O3S/c1-17(12-3-5-13(18)6-4-12)21(19,20)14-7-2-11-8-9-16-15(11)10-14/h2-7,10,16,18H,8-9H2,1H3. The molecule has 0 radical (unpaired) electrons. The van der Waals surface area contributed by atoms with Crippen LogP contribution >= 0.6 is 0 Å². The SMILES string of the molecule is CN(c1ccc(O)cc1)S(=O)(=O)c1ccc2c(c1)NCC2. The highest BCUT2D eigenvalue weighted by Gasteiger charge is 2.23. The Morgan fingerprint density at radius 3 is 2.57 bits per heavy atom. The number of nitrogens with zero attached hydrogens (tertiary/aromatic N) is 1. The molecule has 2 aromatic rings. The second-order valence-corrected chi connectivity index (χ2v) is 6.95. The van der Waals surface area contributed by atoms with E-state index in [1.54, 1.807) is 24.3 Å². The van der Waals surface area contributed by atoms with E-state index < -0.39 is 10.0 Å². The highest BCUT2D eigenvalue weighted by atomic mass is 32.2. The first kappa shape index (κ1) is 13.8. The monoisotopic (exact) mass is 304 g/mol. The van der Waals surface area contributed by atoms with E-state index in [9.17, 15) is 13.5 Å². The van der Waals surface area contributed by atoms with E-state index in [0.717, 1.165) is 24.2 Å². The lowest BCUT2D eigenvalue weighted by atomic mass is 10.2. The van der Waals surface area contributed by atoms with Crippen LogP contribution in [0.5, 0.6) is 5.75 Å². The van der Waals surface area contributed by atoms with Crippen LogP contribution < -0.4 is 9.62 Å². The molecule has 0 fully saturated rings. The minimum absolute atomic E-state index is 0.103. The van der Waals surface area contributed by atoms with Crippen molar-refractivity contribution in [2.24, 2.45) is 0 Å². The first-order valence-corrected chi connectivity index (χ1v) is 8.07. The molecule has 0 amide bonds. The van der Waals surface area contributed by atoms with Gasteiger partial charge in [0, 0.05) is 19.3 Å². The first-order valence-electron chi connectivity index (χ1n) is 6.63. The van der Waals surface area contributed by atoms with E-state index in [0.29, 0.717) is 5.69 Å². The van der Waals surface area contributed by atoms with Crippen molar-refractivity contribution < 1.29 is 13.5 Å². The van der Waals surface area contributed by atoms with Gasteiger partial charge < -0.3 is 10.4 Å². The second-order valence-electron chi connectivity index (χ2n) is 4.98. The summed E-state index contributed by atoms with van der Waals surface area (Å²) in [6, 6.07) is 11.2. The molecule has 0 unspecified atom stereocenters. The number of hydrogen-bond acceptors (Lipinski definition) is 4. The van der Waals surface area contributed by atoms with Crippen LogP contribution in [0.1, 0.15) is 5.56 Å². The molecule has 0 spiro atoms.